The van der Waals surface area contributed by atoms with Crippen molar-refractivity contribution in [3.05, 3.63) is 197 Å². The van der Waals surface area contributed by atoms with Gasteiger partial charge in [-0.1, -0.05) is 90.6 Å². The number of aromatic nitrogens is 15. The van der Waals surface area contributed by atoms with Crippen LogP contribution < -0.4 is 16.0 Å². The number of hydrogen-bond donors (Lipinski definition) is 3. The lowest BCUT2D eigenvalue weighted by Crippen LogP contribution is -2.12. The fraction of sp³-hybridized carbons (Fsp3) is 0.346. The van der Waals surface area contributed by atoms with Crippen molar-refractivity contribution in [1.82, 2.24) is 73.1 Å². The van der Waals surface area contributed by atoms with E-state index >= 15 is 0 Å². The highest BCUT2D eigenvalue weighted by atomic mass is 16.2. The van der Waals surface area contributed by atoms with Crippen molar-refractivity contribution in [2.45, 2.75) is 178 Å². The molecule has 24 nitrogen and oxygen atoms in total. The highest BCUT2D eigenvalue weighted by Crippen LogP contribution is 2.26. The number of hydrogen-bond acceptors (Lipinski definition) is 15. The van der Waals surface area contributed by atoms with E-state index in [0.29, 0.717) is 70.0 Å². The van der Waals surface area contributed by atoms with Crippen molar-refractivity contribution < 1.29 is 28.8 Å². The van der Waals surface area contributed by atoms with Crippen LogP contribution in [-0.4, -0.2) is 108 Å². The maximum Gasteiger partial charge on any atom is 0.259 e. The lowest BCUT2D eigenvalue weighted by atomic mass is 10.1. The Morgan fingerprint density at radius 3 is 0.873 bits per heavy atom. The maximum atomic E-state index is 12.9. The second-order valence-corrected chi connectivity index (χ2v) is 26.2. The third kappa shape index (κ3) is 20.2. The van der Waals surface area contributed by atoms with E-state index in [4.69, 9.17) is 0 Å². The van der Waals surface area contributed by atoms with Gasteiger partial charge in [0.05, 0.1) is 35.3 Å². The molecule has 3 aromatic carbocycles. The number of ketones is 3. The van der Waals surface area contributed by atoms with Crippen molar-refractivity contribution in [3.8, 4) is 33.8 Å². The maximum absolute atomic E-state index is 12.9. The Morgan fingerprint density at radius 2 is 0.588 bits per heavy atom. The number of Topliss-reactive ketones (excluding diaryl/α,β-unsaturated/α-hetero) is 3. The molecule has 0 atom stereocenters. The summed E-state index contributed by atoms with van der Waals surface area (Å²) in [5.41, 5.74) is 16.6. The van der Waals surface area contributed by atoms with E-state index in [1.165, 1.54) is 12.8 Å². The SMILES string of the molecule is CC(=O)CCCCCCCCn1cc(-c2ccc(NC(=O)c3ccn4c(C)cc(C)nc34)cc2)nn1.CC(=O)CCCCCCn1cc(-c2ccc(NC(=O)c3ccn4c(C)cc(C)nc34)cc2)nn1.CC(=O)CCCCn1cc(-c2ccc(NC(=O)c3ccn4c(C)cc(C)nc34)cc2)nn1. The Morgan fingerprint density at radius 1 is 0.333 bits per heavy atom. The molecule has 0 fully saturated rings. The Kier molecular flexibility index (Phi) is 25.2. The molecule has 0 spiro atoms. The largest absolute Gasteiger partial charge is 0.322 e. The van der Waals surface area contributed by atoms with Crippen molar-refractivity contribution in [2.24, 2.45) is 0 Å². The van der Waals surface area contributed by atoms with Gasteiger partial charge in [0.15, 0.2) is 0 Å². The van der Waals surface area contributed by atoms with Crippen LogP contribution in [0.3, 0.4) is 0 Å². The summed E-state index contributed by atoms with van der Waals surface area (Å²) in [5, 5.41) is 34.3. The smallest absolute Gasteiger partial charge is 0.259 e. The summed E-state index contributed by atoms with van der Waals surface area (Å²) in [7, 11) is 0. The Bertz CT molecular complexity index is 4880. The molecule has 12 rings (SSSR count). The fourth-order valence-corrected chi connectivity index (χ4v) is 12.1. The van der Waals surface area contributed by atoms with Gasteiger partial charge in [-0.15, -0.1) is 15.3 Å². The molecular formula is C78H90N18O6. The van der Waals surface area contributed by atoms with E-state index in [1.807, 2.05) is 192 Å². The van der Waals surface area contributed by atoms with Gasteiger partial charge in [-0.05, 0) is 174 Å². The molecule has 0 saturated heterocycles. The first-order valence-corrected chi connectivity index (χ1v) is 35.0. The molecule has 0 radical (unpaired) electrons. The lowest BCUT2D eigenvalue weighted by Gasteiger charge is -2.07. The molecule has 0 aliphatic rings. The van der Waals surface area contributed by atoms with Crippen molar-refractivity contribution in [2.75, 3.05) is 16.0 Å². The third-order valence-electron chi connectivity index (χ3n) is 17.5. The van der Waals surface area contributed by atoms with E-state index < -0.39 is 0 Å². The number of fused-ring (bicyclic) bond motifs is 3. The zero-order valence-corrected chi connectivity index (χ0v) is 59.7. The van der Waals surface area contributed by atoms with Gasteiger partial charge in [-0.2, -0.15) is 0 Å². The van der Waals surface area contributed by atoms with E-state index in [0.717, 1.165) is 152 Å². The molecule has 0 saturated carbocycles. The molecule has 102 heavy (non-hydrogen) atoms. The number of benzene rings is 3. The number of amides is 3. The van der Waals surface area contributed by atoms with Crippen molar-refractivity contribution in [3.63, 3.8) is 0 Å². The molecular weight excluding hydrogens is 1280 g/mol. The Labute approximate surface area is 593 Å². The average Bonchev–Trinajstić information content (AvgIpc) is 1.64. The number of carbonyl (C=O) groups excluding carboxylic acids is 6. The summed E-state index contributed by atoms with van der Waals surface area (Å²) >= 11 is 0. The summed E-state index contributed by atoms with van der Waals surface area (Å²) in [6.07, 6.45) is 25.9. The van der Waals surface area contributed by atoms with Crippen LogP contribution in [0.1, 0.15) is 182 Å². The normalized spacial score (nSPS) is 11.1. The number of nitrogens with one attached hydrogen (secondary N) is 3. The molecule has 0 unspecified atom stereocenters. The van der Waals surface area contributed by atoms with E-state index in [-0.39, 0.29) is 35.1 Å². The minimum atomic E-state index is -0.200. The number of nitrogens with zero attached hydrogens (tertiary/aromatic N) is 15. The summed E-state index contributed by atoms with van der Waals surface area (Å²) in [5.74, 6) is 0.170. The molecule has 3 N–H and O–H groups in total. The van der Waals surface area contributed by atoms with Gasteiger partial charge in [0, 0.05) is 125 Å². The molecule has 9 aromatic heterocycles. The van der Waals surface area contributed by atoms with Gasteiger partial charge in [-0.25, -0.2) is 15.0 Å². The highest BCUT2D eigenvalue weighted by Gasteiger charge is 2.19. The summed E-state index contributed by atoms with van der Waals surface area (Å²) in [6, 6.07) is 34.1. The van der Waals surface area contributed by atoms with Gasteiger partial charge in [0.2, 0.25) is 0 Å². The van der Waals surface area contributed by atoms with E-state index in [2.05, 4.69) is 61.8 Å². The van der Waals surface area contributed by atoms with Crippen LogP contribution in [0.15, 0.2) is 146 Å². The Hall–Kier alpha value is -11.4. The monoisotopic (exact) mass is 1370 g/mol. The second-order valence-electron chi connectivity index (χ2n) is 26.2. The molecule has 12 aromatic rings. The zero-order valence-electron chi connectivity index (χ0n) is 59.7. The molecule has 0 aliphatic carbocycles. The van der Waals surface area contributed by atoms with Crippen LogP contribution in [0, 0.1) is 41.5 Å². The number of anilines is 3. The van der Waals surface area contributed by atoms with Gasteiger partial charge in [0.25, 0.3) is 17.7 Å². The topological polar surface area (TPSA) is 283 Å². The minimum absolute atomic E-state index is 0.187. The first kappa shape index (κ1) is 73.3. The van der Waals surface area contributed by atoms with Crippen LogP contribution in [0.2, 0.25) is 0 Å². The van der Waals surface area contributed by atoms with E-state index in [1.54, 1.807) is 43.7 Å². The zero-order chi connectivity index (χ0) is 72.2. The van der Waals surface area contributed by atoms with E-state index in [9.17, 15) is 28.8 Å². The van der Waals surface area contributed by atoms with Crippen LogP contribution in [0.4, 0.5) is 17.1 Å². The first-order chi connectivity index (χ1) is 49.2. The first-order valence-electron chi connectivity index (χ1n) is 35.0. The predicted octanol–water partition coefficient (Wildman–Crippen LogP) is 15.0. The molecule has 9 heterocycles. The van der Waals surface area contributed by atoms with Gasteiger partial charge in [0.1, 0.15) is 51.4 Å². The van der Waals surface area contributed by atoms with Crippen LogP contribution in [0.5, 0.6) is 0 Å². The number of carbonyl (C=O) groups is 6. The van der Waals surface area contributed by atoms with Crippen LogP contribution >= 0.6 is 0 Å². The number of unbranched alkanes of at least 4 members (excludes halogenated alkanes) is 9. The van der Waals surface area contributed by atoms with Gasteiger partial charge >= 0.3 is 0 Å². The number of rotatable bonds is 30. The summed E-state index contributed by atoms with van der Waals surface area (Å²) in [4.78, 5) is 85.1. The standard InChI is InChI=1S/C28H34N6O2.C26H30N6O2.C24H26N6O2/c1-20-18-21(2)34-17-15-25(27(34)29-20)28(36)30-24-13-11-23(12-14-24)26-19-33(32-31-26)16-9-7-5-4-6-8-10-22(3)35;1-18-16-19(2)32-15-13-23(25(32)27-18)26(34)28-22-11-9-21(10-12-22)24-17-31(30-29-24)14-7-5-4-6-8-20(3)33;1-16-14-17(2)30-13-11-21(23(30)25-16)24(32)26-20-9-7-19(8-10-20)22-15-29(28-27-22)12-5-4-6-18(3)31/h11-15,17-19H,4-10,16H2,1-3H3,(H,30,36);9-13,15-17H,4-8,14H2,1-3H3,(H,28,34);7-11,13-15H,4-6,12H2,1-3H3,(H,26,32). The van der Waals surface area contributed by atoms with Gasteiger partial charge in [-0.3, -0.25) is 28.4 Å². The molecule has 24 heteroatoms. The van der Waals surface area contributed by atoms with Crippen LogP contribution in [0.25, 0.3) is 50.7 Å². The molecule has 528 valence electrons. The van der Waals surface area contributed by atoms with Crippen molar-refractivity contribution in [1.29, 1.82) is 0 Å². The summed E-state index contributed by atoms with van der Waals surface area (Å²) in [6.45, 7) is 19.0. The second kappa shape index (κ2) is 35.1. The molecule has 0 bridgehead atoms. The average molecular weight is 1380 g/mol. The quantitative estimate of drug-likeness (QED) is 0.0353. The number of aryl methyl sites for hydroxylation is 9. The molecule has 3 amide bonds. The Balaban J connectivity index is 0.000000165. The highest BCUT2D eigenvalue weighted by molar-refractivity contribution is 6.10. The summed E-state index contributed by atoms with van der Waals surface area (Å²) < 4.78 is 11.3. The molecule has 0 aliphatic heterocycles. The van der Waals surface area contributed by atoms with Crippen molar-refractivity contribution >= 4 is 69.1 Å². The third-order valence-corrected chi connectivity index (χ3v) is 17.5. The van der Waals surface area contributed by atoms with Crippen LogP contribution in [-0.2, 0) is 34.0 Å². The predicted molar refractivity (Wildman–Crippen MR) is 396 cm³/mol. The minimum Gasteiger partial charge on any atom is -0.322 e. The fourth-order valence-electron chi connectivity index (χ4n) is 12.1. The van der Waals surface area contributed by atoms with Gasteiger partial charge < -0.3 is 43.5 Å². The lowest BCUT2D eigenvalue weighted by molar-refractivity contribution is -0.118.